The maximum atomic E-state index is 12.2. The van der Waals surface area contributed by atoms with E-state index in [-0.39, 0.29) is 17.3 Å². The zero-order valence-corrected chi connectivity index (χ0v) is 12.3. The molecule has 1 saturated heterocycles. The quantitative estimate of drug-likeness (QED) is 0.312. The highest BCUT2D eigenvalue weighted by atomic mass is 16.4. The van der Waals surface area contributed by atoms with E-state index in [9.17, 15) is 4.79 Å². The molecular weight excluding hydrogens is 256 g/mol. The number of piperidine rings is 1. The van der Waals surface area contributed by atoms with Crippen molar-refractivity contribution in [1.82, 2.24) is 10.2 Å². The fourth-order valence-corrected chi connectivity index (χ4v) is 3.09. The summed E-state index contributed by atoms with van der Waals surface area (Å²) in [5, 5.41) is 15.1. The fourth-order valence-electron chi connectivity index (χ4n) is 3.09. The number of amidine groups is 1. The third-order valence-corrected chi connectivity index (χ3v) is 4.81. The maximum Gasteiger partial charge on any atom is 0.317 e. The van der Waals surface area contributed by atoms with Crippen LogP contribution in [0, 0.1) is 5.41 Å². The molecule has 0 aromatic heterocycles. The molecule has 2 fully saturated rings. The van der Waals surface area contributed by atoms with Crippen LogP contribution in [0.3, 0.4) is 0 Å². The number of nitrogens with two attached hydrogens (primary N) is 1. The number of rotatable bonds is 2. The summed E-state index contributed by atoms with van der Waals surface area (Å²) in [7, 11) is 0. The van der Waals surface area contributed by atoms with Crippen LogP contribution in [0.5, 0.6) is 0 Å². The van der Waals surface area contributed by atoms with Crippen LogP contribution in [0.4, 0.5) is 4.79 Å². The molecule has 2 aliphatic rings. The zero-order valence-electron chi connectivity index (χ0n) is 12.3. The van der Waals surface area contributed by atoms with Gasteiger partial charge >= 0.3 is 6.03 Å². The van der Waals surface area contributed by atoms with Gasteiger partial charge < -0.3 is 21.2 Å². The van der Waals surface area contributed by atoms with Gasteiger partial charge in [-0.05, 0) is 25.7 Å². The first-order valence-corrected chi connectivity index (χ1v) is 7.58. The number of carbonyl (C=O) groups is 1. The van der Waals surface area contributed by atoms with Gasteiger partial charge in [-0.1, -0.05) is 31.3 Å². The monoisotopic (exact) mass is 282 g/mol. The highest BCUT2D eigenvalue weighted by Gasteiger charge is 2.35. The van der Waals surface area contributed by atoms with E-state index in [1.807, 2.05) is 11.8 Å². The average molecular weight is 282 g/mol. The lowest BCUT2D eigenvalue weighted by atomic mass is 9.79. The van der Waals surface area contributed by atoms with Crippen molar-refractivity contribution in [3.05, 3.63) is 0 Å². The molecule has 0 aromatic carbocycles. The molecule has 4 N–H and O–H groups in total. The summed E-state index contributed by atoms with van der Waals surface area (Å²) in [5.74, 6) is 0.268. The third-order valence-electron chi connectivity index (χ3n) is 4.81. The first-order valence-electron chi connectivity index (χ1n) is 7.58. The molecule has 2 amide bonds. The Morgan fingerprint density at radius 2 is 1.90 bits per heavy atom. The molecule has 6 heteroatoms. The molecule has 0 unspecified atom stereocenters. The minimum atomic E-state index is -0.295. The Morgan fingerprint density at radius 3 is 2.45 bits per heavy atom. The van der Waals surface area contributed by atoms with E-state index in [4.69, 9.17) is 10.9 Å². The molecule has 0 radical (unpaired) electrons. The molecule has 0 aromatic rings. The molecule has 0 atom stereocenters. The van der Waals surface area contributed by atoms with Crippen LogP contribution < -0.4 is 11.1 Å². The number of oxime groups is 1. The lowest BCUT2D eigenvalue weighted by molar-refractivity contribution is 0.152. The zero-order chi connectivity index (χ0) is 14.6. The van der Waals surface area contributed by atoms with Crippen LogP contribution in [-0.4, -0.2) is 41.1 Å². The van der Waals surface area contributed by atoms with Crippen molar-refractivity contribution in [3.63, 3.8) is 0 Å². The molecule has 114 valence electrons. The van der Waals surface area contributed by atoms with Gasteiger partial charge in [0.1, 0.15) is 5.84 Å². The van der Waals surface area contributed by atoms with E-state index in [0.717, 1.165) is 25.7 Å². The van der Waals surface area contributed by atoms with Crippen molar-refractivity contribution < 1.29 is 10.0 Å². The van der Waals surface area contributed by atoms with Gasteiger partial charge in [-0.15, -0.1) is 0 Å². The molecule has 1 heterocycles. The number of urea groups is 1. The highest BCUT2D eigenvalue weighted by Crippen LogP contribution is 2.31. The van der Waals surface area contributed by atoms with Crippen LogP contribution in [0.15, 0.2) is 5.16 Å². The van der Waals surface area contributed by atoms with E-state index in [0.29, 0.717) is 19.1 Å². The smallest absolute Gasteiger partial charge is 0.317 e. The standard InChI is InChI=1S/C14H26N4O2/c1-14(12(15)17-20)7-9-18(10-8-14)13(19)16-11-5-3-2-4-6-11/h11,20H,2-10H2,1H3,(H2,15,17)(H,16,19). The fraction of sp³-hybridized carbons (Fsp3) is 0.857. The predicted molar refractivity (Wildman–Crippen MR) is 77.7 cm³/mol. The van der Waals surface area contributed by atoms with E-state index < -0.39 is 0 Å². The lowest BCUT2D eigenvalue weighted by Crippen LogP contribution is -2.52. The second-order valence-electron chi connectivity index (χ2n) is 6.32. The van der Waals surface area contributed by atoms with Crippen molar-refractivity contribution >= 4 is 11.9 Å². The van der Waals surface area contributed by atoms with E-state index in [1.165, 1.54) is 19.3 Å². The van der Waals surface area contributed by atoms with Gasteiger partial charge in [-0.3, -0.25) is 0 Å². The number of carbonyl (C=O) groups excluding carboxylic acids is 1. The van der Waals surface area contributed by atoms with E-state index >= 15 is 0 Å². The first-order chi connectivity index (χ1) is 9.55. The lowest BCUT2D eigenvalue weighted by Gasteiger charge is -2.39. The summed E-state index contributed by atoms with van der Waals surface area (Å²) in [6.07, 6.45) is 7.39. The number of hydrogen-bond donors (Lipinski definition) is 3. The molecule has 0 spiro atoms. The molecule has 2 rings (SSSR count). The SMILES string of the molecule is CC1(C(N)=NO)CCN(C(=O)NC2CCCCC2)CC1. The highest BCUT2D eigenvalue weighted by molar-refractivity contribution is 5.86. The molecule has 6 nitrogen and oxygen atoms in total. The molecule has 1 saturated carbocycles. The van der Waals surface area contributed by atoms with Crippen LogP contribution in [0.1, 0.15) is 51.9 Å². The second kappa shape index (κ2) is 6.33. The van der Waals surface area contributed by atoms with Gasteiger partial charge in [0.25, 0.3) is 0 Å². The van der Waals surface area contributed by atoms with E-state index in [1.54, 1.807) is 0 Å². The predicted octanol–water partition coefficient (Wildman–Crippen LogP) is 1.88. The Bertz CT molecular complexity index is 369. The Balaban J connectivity index is 1.82. The van der Waals surface area contributed by atoms with Gasteiger partial charge in [-0.25, -0.2) is 4.79 Å². The summed E-state index contributed by atoms with van der Waals surface area (Å²) < 4.78 is 0. The summed E-state index contributed by atoms with van der Waals surface area (Å²) in [6.45, 7) is 3.30. The number of nitrogens with one attached hydrogen (secondary N) is 1. The van der Waals surface area contributed by atoms with Gasteiger partial charge in [0.2, 0.25) is 0 Å². The van der Waals surface area contributed by atoms with Crippen molar-refractivity contribution in [2.24, 2.45) is 16.3 Å². The molecule has 0 bridgehead atoms. The van der Waals surface area contributed by atoms with Crippen LogP contribution >= 0.6 is 0 Å². The number of hydrogen-bond acceptors (Lipinski definition) is 3. The van der Waals surface area contributed by atoms with Gasteiger partial charge in [0, 0.05) is 24.5 Å². The molecule has 1 aliphatic carbocycles. The minimum absolute atomic E-state index is 0.0402. The first kappa shape index (κ1) is 14.9. The summed E-state index contributed by atoms with van der Waals surface area (Å²) in [4.78, 5) is 14.1. The largest absolute Gasteiger partial charge is 0.409 e. The second-order valence-corrected chi connectivity index (χ2v) is 6.32. The van der Waals surface area contributed by atoms with Crippen LogP contribution in [-0.2, 0) is 0 Å². The normalized spacial score (nSPS) is 24.4. The van der Waals surface area contributed by atoms with Gasteiger partial charge in [-0.2, -0.15) is 0 Å². The Hall–Kier alpha value is -1.46. The topological polar surface area (TPSA) is 91.0 Å². The van der Waals surface area contributed by atoms with Crippen LogP contribution in [0.25, 0.3) is 0 Å². The maximum absolute atomic E-state index is 12.2. The van der Waals surface area contributed by atoms with Gasteiger partial charge in [0.15, 0.2) is 0 Å². The van der Waals surface area contributed by atoms with Crippen molar-refractivity contribution in [1.29, 1.82) is 0 Å². The summed E-state index contributed by atoms with van der Waals surface area (Å²) >= 11 is 0. The third kappa shape index (κ3) is 3.35. The van der Waals surface area contributed by atoms with E-state index in [2.05, 4.69) is 10.5 Å². The minimum Gasteiger partial charge on any atom is -0.409 e. The van der Waals surface area contributed by atoms with Crippen LogP contribution in [0.2, 0.25) is 0 Å². The molecular formula is C14H26N4O2. The number of nitrogens with zero attached hydrogens (tertiary/aromatic N) is 2. The summed E-state index contributed by atoms with van der Waals surface area (Å²) in [5.41, 5.74) is 5.44. The average Bonchev–Trinajstić information content (AvgIpc) is 2.48. The Kier molecular flexibility index (Phi) is 4.73. The number of amides is 2. The number of likely N-dealkylation sites (tertiary alicyclic amines) is 1. The van der Waals surface area contributed by atoms with Gasteiger partial charge in [0.05, 0.1) is 0 Å². The molecule has 1 aliphatic heterocycles. The van der Waals surface area contributed by atoms with Crippen molar-refractivity contribution in [2.45, 2.75) is 57.9 Å². The Morgan fingerprint density at radius 1 is 1.30 bits per heavy atom. The summed E-state index contributed by atoms with van der Waals surface area (Å²) in [6, 6.07) is 0.382. The van der Waals surface area contributed by atoms with Crippen molar-refractivity contribution in [2.75, 3.05) is 13.1 Å². The van der Waals surface area contributed by atoms with Crippen molar-refractivity contribution in [3.8, 4) is 0 Å². The molecule has 20 heavy (non-hydrogen) atoms. The Labute approximate surface area is 120 Å².